The number of halogens is 4. The van der Waals surface area contributed by atoms with Gasteiger partial charge in [0, 0.05) is 29.9 Å². The summed E-state index contributed by atoms with van der Waals surface area (Å²) in [5, 5.41) is 2.37. The van der Waals surface area contributed by atoms with Crippen molar-refractivity contribution in [2.75, 3.05) is 43.9 Å². The number of carbonyl (C=O) groups is 2. The van der Waals surface area contributed by atoms with Crippen LogP contribution in [0.5, 0.6) is 5.75 Å². The normalized spacial score (nSPS) is 18.9. The van der Waals surface area contributed by atoms with Gasteiger partial charge in [0.2, 0.25) is 11.9 Å². The number of piperazine rings is 1. The average Bonchev–Trinajstić information content (AvgIpc) is 3.44. The Morgan fingerprint density at radius 2 is 1.98 bits per heavy atom. The summed E-state index contributed by atoms with van der Waals surface area (Å²) in [6.45, 7) is 7.23. The fraction of sp³-hybridized carbons (Fsp3) is 0.387. The summed E-state index contributed by atoms with van der Waals surface area (Å²) >= 11 is 0. The zero-order valence-corrected chi connectivity index (χ0v) is 25.7. The lowest BCUT2D eigenvalue weighted by atomic mass is 10.1. The summed E-state index contributed by atoms with van der Waals surface area (Å²) in [5.74, 6) is -1.53. The number of nitrogens with two attached hydrogens (primary N) is 1. The number of fused-ring (bicyclic) bond motifs is 2. The molecule has 2 fully saturated rings. The first-order valence-electron chi connectivity index (χ1n) is 14.9. The molecule has 47 heavy (non-hydrogen) atoms. The number of benzene rings is 1. The maximum Gasteiger partial charge on any atom is 0.416 e. The lowest BCUT2D eigenvalue weighted by Crippen LogP contribution is -2.62. The van der Waals surface area contributed by atoms with Gasteiger partial charge < -0.3 is 25.4 Å². The third kappa shape index (κ3) is 6.17. The zero-order valence-electron chi connectivity index (χ0n) is 25.7. The van der Waals surface area contributed by atoms with E-state index in [0.29, 0.717) is 12.1 Å². The fourth-order valence-corrected chi connectivity index (χ4v) is 5.84. The third-order valence-electron chi connectivity index (χ3n) is 8.21. The maximum atomic E-state index is 15.5. The smallest absolute Gasteiger partial charge is 0.416 e. The minimum atomic E-state index is -4.61. The molecule has 0 radical (unpaired) electrons. The van der Waals surface area contributed by atoms with Gasteiger partial charge in [0.25, 0.3) is 5.91 Å². The van der Waals surface area contributed by atoms with Crippen LogP contribution in [0, 0.1) is 5.95 Å². The summed E-state index contributed by atoms with van der Waals surface area (Å²) in [4.78, 5) is 42.6. The number of ether oxygens (including phenoxy) is 2. The highest BCUT2D eigenvalue weighted by molar-refractivity contribution is 6.04. The van der Waals surface area contributed by atoms with Crippen LogP contribution in [0.25, 0.3) is 16.8 Å². The first-order valence-corrected chi connectivity index (χ1v) is 14.9. The lowest BCUT2D eigenvalue weighted by Gasteiger charge is -2.46. The molecule has 2 atom stereocenters. The molecule has 5 heterocycles. The number of nitrogen functional groups attached to an aromatic ring is 1. The summed E-state index contributed by atoms with van der Waals surface area (Å²) in [6.07, 6.45) is -3.49. The van der Waals surface area contributed by atoms with Gasteiger partial charge >= 0.3 is 6.18 Å². The van der Waals surface area contributed by atoms with Gasteiger partial charge in [0.05, 0.1) is 44.1 Å². The Bertz CT molecular complexity index is 1850. The number of aromatic nitrogens is 4. The molecule has 2 amide bonds. The maximum absolute atomic E-state index is 15.5. The molecule has 0 saturated carbocycles. The number of hydrogen-bond donors (Lipinski definition) is 2. The van der Waals surface area contributed by atoms with Crippen molar-refractivity contribution in [3.05, 3.63) is 65.6 Å². The molecule has 248 valence electrons. The quantitative estimate of drug-likeness (QED) is 0.281. The molecule has 0 spiro atoms. The van der Waals surface area contributed by atoms with Gasteiger partial charge in [-0.25, -0.2) is 15.0 Å². The number of alkyl halides is 3. The van der Waals surface area contributed by atoms with Crippen molar-refractivity contribution in [2.45, 2.75) is 45.1 Å². The minimum absolute atomic E-state index is 0.0321. The van der Waals surface area contributed by atoms with E-state index in [1.807, 2.05) is 13.8 Å². The van der Waals surface area contributed by atoms with E-state index in [9.17, 15) is 22.8 Å². The SMILES string of the molecule is CCOc1cc(C(=O)Nc2cc(C(F)(F)F)ccn2)ccc1-c1nc([C@H]2CN3C(=O)CN(C(C)C)C[C@@H]3CO2)n2c(F)cnc(N)c12. The van der Waals surface area contributed by atoms with Crippen LogP contribution in [-0.4, -0.2) is 85.9 Å². The molecule has 2 aliphatic rings. The largest absolute Gasteiger partial charge is 0.493 e. The van der Waals surface area contributed by atoms with Crippen molar-refractivity contribution in [3.63, 3.8) is 0 Å². The molecule has 2 saturated heterocycles. The molecule has 6 rings (SSSR count). The van der Waals surface area contributed by atoms with Gasteiger partial charge in [-0.2, -0.15) is 17.6 Å². The van der Waals surface area contributed by atoms with E-state index in [1.54, 1.807) is 11.8 Å². The second-order valence-corrected chi connectivity index (χ2v) is 11.5. The molecular formula is C31H32F4N8O4. The summed E-state index contributed by atoms with van der Waals surface area (Å²) in [6, 6.07) is 5.89. The Kier molecular flexibility index (Phi) is 8.48. The topological polar surface area (TPSA) is 140 Å². The number of pyridine rings is 1. The number of hydrogen-bond acceptors (Lipinski definition) is 9. The van der Waals surface area contributed by atoms with Crippen molar-refractivity contribution in [1.82, 2.24) is 29.2 Å². The average molecular weight is 657 g/mol. The number of amides is 2. The van der Waals surface area contributed by atoms with Crippen LogP contribution in [0.3, 0.4) is 0 Å². The van der Waals surface area contributed by atoms with Crippen molar-refractivity contribution in [2.24, 2.45) is 0 Å². The van der Waals surface area contributed by atoms with Gasteiger partial charge in [0.15, 0.2) is 0 Å². The van der Waals surface area contributed by atoms with Crippen LogP contribution < -0.4 is 15.8 Å². The Morgan fingerprint density at radius 3 is 2.70 bits per heavy atom. The van der Waals surface area contributed by atoms with E-state index >= 15 is 4.39 Å². The van der Waals surface area contributed by atoms with Crippen molar-refractivity contribution in [1.29, 1.82) is 0 Å². The Balaban J connectivity index is 1.35. The molecule has 4 aromatic rings. The van der Waals surface area contributed by atoms with Gasteiger partial charge in [-0.05, 0) is 51.1 Å². The number of rotatable bonds is 7. The number of carbonyl (C=O) groups excluding carboxylic acids is 2. The predicted molar refractivity (Wildman–Crippen MR) is 162 cm³/mol. The van der Waals surface area contributed by atoms with Crippen molar-refractivity contribution >= 4 is 29.0 Å². The summed E-state index contributed by atoms with van der Waals surface area (Å²) in [7, 11) is 0. The number of nitrogens with one attached hydrogen (secondary N) is 1. The van der Waals surface area contributed by atoms with Crippen molar-refractivity contribution in [3.8, 4) is 17.0 Å². The standard InChI is InChI=1S/C31H32F4N8O4/c1-4-46-21-9-17(30(45)39-24-10-18(7-8-37-24)31(33,34)35)5-6-20(21)26-27-28(36)38-11-23(32)43(27)29(40-26)22-13-42-19(15-47-22)12-41(16(2)3)14-25(42)44/h5-11,16,19,22H,4,12-15H2,1-3H3,(H2,36,38)(H,37,39,45)/t19-,22-/m1/s1. The van der Waals surface area contributed by atoms with E-state index < -0.39 is 29.7 Å². The highest BCUT2D eigenvalue weighted by Gasteiger charge is 2.41. The molecule has 0 aliphatic carbocycles. The number of morpholine rings is 1. The monoisotopic (exact) mass is 656 g/mol. The molecule has 2 aliphatic heterocycles. The van der Waals surface area contributed by atoms with Crippen LogP contribution in [0.2, 0.25) is 0 Å². The number of anilines is 2. The van der Waals surface area contributed by atoms with Crippen molar-refractivity contribution < 1.29 is 36.6 Å². The van der Waals surface area contributed by atoms with Gasteiger partial charge in [-0.15, -0.1) is 0 Å². The number of nitrogens with zero attached hydrogens (tertiary/aromatic N) is 6. The number of imidazole rings is 1. The second-order valence-electron chi connectivity index (χ2n) is 11.5. The Hall–Kier alpha value is -4.83. The molecule has 12 nitrogen and oxygen atoms in total. The van der Waals surface area contributed by atoms with Gasteiger partial charge in [0.1, 0.15) is 40.5 Å². The van der Waals surface area contributed by atoms with E-state index in [0.717, 1.165) is 24.5 Å². The lowest BCUT2D eigenvalue weighted by molar-refractivity contribution is -0.157. The first-order chi connectivity index (χ1) is 22.3. The predicted octanol–water partition coefficient (Wildman–Crippen LogP) is 4.17. The zero-order chi connectivity index (χ0) is 33.6. The molecule has 0 bridgehead atoms. The molecule has 16 heteroatoms. The van der Waals surface area contributed by atoms with Crippen LogP contribution in [-0.2, 0) is 15.7 Å². The Morgan fingerprint density at radius 1 is 1.19 bits per heavy atom. The third-order valence-corrected chi connectivity index (χ3v) is 8.21. The first kappa shape index (κ1) is 32.1. The molecule has 1 aromatic carbocycles. The van der Waals surface area contributed by atoms with E-state index in [2.05, 4.69) is 20.2 Å². The minimum Gasteiger partial charge on any atom is -0.493 e. The molecule has 3 aromatic heterocycles. The fourth-order valence-electron chi connectivity index (χ4n) is 5.84. The summed E-state index contributed by atoms with van der Waals surface area (Å²) < 4.78 is 68.2. The molecular weight excluding hydrogens is 624 g/mol. The van der Waals surface area contributed by atoms with Crippen LogP contribution >= 0.6 is 0 Å². The highest BCUT2D eigenvalue weighted by Crippen LogP contribution is 2.39. The molecule has 0 unspecified atom stereocenters. The summed E-state index contributed by atoms with van der Waals surface area (Å²) in [5.41, 5.74) is 6.03. The van der Waals surface area contributed by atoms with Crippen LogP contribution in [0.4, 0.5) is 29.2 Å². The Labute approximate surface area is 266 Å². The highest BCUT2D eigenvalue weighted by atomic mass is 19.4. The van der Waals surface area contributed by atoms with E-state index in [-0.39, 0.29) is 84.3 Å². The van der Waals surface area contributed by atoms with Gasteiger partial charge in [-0.3, -0.25) is 18.9 Å². The molecule has 3 N–H and O–H groups in total. The van der Waals surface area contributed by atoms with E-state index in [1.165, 1.54) is 22.6 Å². The van der Waals surface area contributed by atoms with Gasteiger partial charge in [-0.1, -0.05) is 0 Å². The van der Waals surface area contributed by atoms with E-state index in [4.69, 9.17) is 20.2 Å². The van der Waals surface area contributed by atoms with Crippen LogP contribution in [0.1, 0.15) is 48.6 Å². The second kappa shape index (κ2) is 12.4. The van der Waals surface area contributed by atoms with Crippen LogP contribution in [0.15, 0.2) is 42.7 Å².